The number of benzene rings is 1. The molecule has 25 heavy (non-hydrogen) atoms. The van der Waals surface area contributed by atoms with E-state index in [0.29, 0.717) is 5.82 Å². The monoisotopic (exact) mass is 338 g/mol. The SMILES string of the molecule is C=C(\N=C/C=C(C)/C(C)=C/C=C(\C)C(C)=O)Nc1ccc(OC)cc1. The van der Waals surface area contributed by atoms with Crippen LogP contribution in [0.1, 0.15) is 27.7 Å². The molecule has 0 fully saturated rings. The van der Waals surface area contributed by atoms with E-state index in [9.17, 15) is 4.79 Å². The molecule has 0 amide bonds. The lowest BCUT2D eigenvalue weighted by Crippen LogP contribution is -1.95. The van der Waals surface area contributed by atoms with Crippen LogP contribution in [0.5, 0.6) is 5.75 Å². The Balaban J connectivity index is 2.65. The molecule has 132 valence electrons. The number of ketones is 1. The van der Waals surface area contributed by atoms with Crippen LogP contribution in [-0.4, -0.2) is 19.1 Å². The highest BCUT2D eigenvalue weighted by Crippen LogP contribution is 2.16. The van der Waals surface area contributed by atoms with E-state index < -0.39 is 0 Å². The van der Waals surface area contributed by atoms with Crippen molar-refractivity contribution in [2.75, 3.05) is 12.4 Å². The third kappa shape index (κ3) is 7.48. The molecular weight excluding hydrogens is 312 g/mol. The summed E-state index contributed by atoms with van der Waals surface area (Å²) in [5.74, 6) is 1.42. The van der Waals surface area contributed by atoms with E-state index >= 15 is 0 Å². The van der Waals surface area contributed by atoms with E-state index in [1.54, 1.807) is 27.2 Å². The fourth-order valence-corrected chi connectivity index (χ4v) is 1.74. The number of carbonyl (C=O) groups excluding carboxylic acids is 1. The van der Waals surface area contributed by atoms with E-state index in [0.717, 1.165) is 28.2 Å². The Morgan fingerprint density at radius 3 is 2.12 bits per heavy atom. The minimum atomic E-state index is 0.0770. The van der Waals surface area contributed by atoms with Crippen LogP contribution < -0.4 is 10.1 Å². The van der Waals surface area contributed by atoms with Crippen LogP contribution in [0.15, 0.2) is 76.6 Å². The maximum absolute atomic E-state index is 11.2. The first-order valence-electron chi connectivity index (χ1n) is 8.01. The van der Waals surface area contributed by atoms with Gasteiger partial charge in [0.1, 0.15) is 11.6 Å². The van der Waals surface area contributed by atoms with Crippen molar-refractivity contribution in [2.24, 2.45) is 4.99 Å². The van der Waals surface area contributed by atoms with Crippen molar-refractivity contribution in [2.45, 2.75) is 27.7 Å². The molecule has 0 aliphatic carbocycles. The quantitative estimate of drug-likeness (QED) is 0.409. The first kappa shape index (κ1) is 20.2. The minimum Gasteiger partial charge on any atom is -0.497 e. The van der Waals surface area contributed by atoms with Gasteiger partial charge in [0.25, 0.3) is 0 Å². The Kier molecular flexibility index (Phi) is 8.13. The van der Waals surface area contributed by atoms with Gasteiger partial charge in [-0.15, -0.1) is 0 Å². The molecule has 1 aromatic carbocycles. The van der Waals surface area contributed by atoms with Gasteiger partial charge in [0.2, 0.25) is 0 Å². The number of anilines is 1. The largest absolute Gasteiger partial charge is 0.497 e. The standard InChI is InChI=1S/C21H26N2O2/c1-15(7-8-17(3)18(4)24)16(2)13-14-22-19(5)23-20-9-11-21(25-6)12-10-20/h7-14,23H,5H2,1-4,6H3/b15-7+,16-13+,17-8+,22-14-. The third-order valence-electron chi connectivity index (χ3n) is 3.69. The van der Waals surface area contributed by atoms with Gasteiger partial charge >= 0.3 is 0 Å². The maximum atomic E-state index is 11.2. The molecule has 0 aliphatic rings. The van der Waals surface area contributed by atoms with Crippen LogP contribution in [0, 0.1) is 0 Å². The van der Waals surface area contributed by atoms with Gasteiger partial charge in [-0.05, 0) is 74.8 Å². The average Bonchev–Trinajstić information content (AvgIpc) is 2.59. The molecule has 0 unspecified atom stereocenters. The van der Waals surface area contributed by atoms with Crippen LogP contribution in [0.4, 0.5) is 5.69 Å². The number of ether oxygens (including phenoxy) is 1. The van der Waals surface area contributed by atoms with Gasteiger partial charge in [-0.25, -0.2) is 4.99 Å². The molecule has 0 bridgehead atoms. The van der Waals surface area contributed by atoms with Crippen LogP contribution in [0.3, 0.4) is 0 Å². The Morgan fingerprint density at radius 1 is 1.00 bits per heavy atom. The van der Waals surface area contributed by atoms with Gasteiger partial charge in [0.15, 0.2) is 5.78 Å². The zero-order valence-electron chi connectivity index (χ0n) is 15.6. The Bertz CT molecular complexity index is 736. The summed E-state index contributed by atoms with van der Waals surface area (Å²) >= 11 is 0. The summed E-state index contributed by atoms with van der Waals surface area (Å²) < 4.78 is 5.12. The molecule has 0 heterocycles. The summed E-state index contributed by atoms with van der Waals surface area (Å²) in [5.41, 5.74) is 3.76. The number of methoxy groups -OCH3 is 1. The highest BCUT2D eigenvalue weighted by atomic mass is 16.5. The van der Waals surface area contributed by atoms with Gasteiger partial charge < -0.3 is 10.1 Å². The molecule has 1 N–H and O–H groups in total. The maximum Gasteiger partial charge on any atom is 0.155 e. The Morgan fingerprint density at radius 2 is 1.56 bits per heavy atom. The summed E-state index contributed by atoms with van der Waals surface area (Å²) in [6.07, 6.45) is 7.37. The molecule has 0 radical (unpaired) electrons. The molecule has 0 spiro atoms. The lowest BCUT2D eigenvalue weighted by atomic mass is 10.1. The summed E-state index contributed by atoms with van der Waals surface area (Å²) in [5, 5.41) is 3.11. The fourth-order valence-electron chi connectivity index (χ4n) is 1.74. The third-order valence-corrected chi connectivity index (χ3v) is 3.69. The highest BCUT2D eigenvalue weighted by Gasteiger charge is 1.96. The number of rotatable bonds is 8. The smallest absolute Gasteiger partial charge is 0.155 e. The van der Waals surface area contributed by atoms with Crippen molar-refractivity contribution < 1.29 is 9.53 Å². The van der Waals surface area contributed by atoms with Crippen molar-refractivity contribution in [1.29, 1.82) is 0 Å². The van der Waals surface area contributed by atoms with Crippen molar-refractivity contribution in [3.05, 3.63) is 71.6 Å². The van der Waals surface area contributed by atoms with Crippen LogP contribution in [0.25, 0.3) is 0 Å². The van der Waals surface area contributed by atoms with Gasteiger partial charge in [-0.1, -0.05) is 18.7 Å². The van der Waals surface area contributed by atoms with E-state index in [1.807, 2.05) is 56.3 Å². The zero-order chi connectivity index (χ0) is 18.8. The lowest BCUT2D eigenvalue weighted by Gasteiger charge is -2.06. The summed E-state index contributed by atoms with van der Waals surface area (Å²) in [6.45, 7) is 11.2. The number of nitrogens with one attached hydrogen (secondary N) is 1. The van der Waals surface area contributed by atoms with E-state index in [1.165, 1.54) is 0 Å². The Hall–Kier alpha value is -2.88. The predicted octanol–water partition coefficient (Wildman–Crippen LogP) is 5.08. The van der Waals surface area contributed by atoms with Crippen LogP contribution >= 0.6 is 0 Å². The topological polar surface area (TPSA) is 50.7 Å². The number of Topliss-reactive ketones (excluding diaryl/α,β-unsaturated/α-hetero) is 1. The number of hydrogen-bond donors (Lipinski definition) is 1. The van der Waals surface area contributed by atoms with Crippen molar-refractivity contribution in [3.63, 3.8) is 0 Å². The molecule has 0 atom stereocenters. The zero-order valence-corrected chi connectivity index (χ0v) is 15.6. The molecule has 0 aliphatic heterocycles. The first-order valence-corrected chi connectivity index (χ1v) is 8.01. The number of carbonyl (C=O) groups is 1. The molecule has 0 saturated carbocycles. The average molecular weight is 338 g/mol. The van der Waals surface area contributed by atoms with Gasteiger partial charge in [0, 0.05) is 11.9 Å². The second-order valence-electron chi connectivity index (χ2n) is 5.68. The van der Waals surface area contributed by atoms with Gasteiger partial charge in [0.05, 0.1) is 7.11 Å². The van der Waals surface area contributed by atoms with E-state index in [-0.39, 0.29) is 5.78 Å². The Labute approximate surface area is 150 Å². The number of nitrogens with zero attached hydrogens (tertiary/aromatic N) is 1. The highest BCUT2D eigenvalue weighted by molar-refractivity contribution is 5.92. The normalized spacial score (nSPS) is 13.1. The second-order valence-corrected chi connectivity index (χ2v) is 5.68. The van der Waals surface area contributed by atoms with Crippen molar-refractivity contribution in [3.8, 4) is 5.75 Å². The van der Waals surface area contributed by atoms with E-state index in [2.05, 4.69) is 16.9 Å². The molecule has 0 saturated heterocycles. The fraction of sp³-hybridized carbons (Fsp3) is 0.238. The second kappa shape index (κ2) is 10.1. The summed E-state index contributed by atoms with van der Waals surface area (Å²) in [6, 6.07) is 7.54. The van der Waals surface area contributed by atoms with Crippen molar-refractivity contribution in [1.82, 2.24) is 0 Å². The number of aliphatic imine (C=N–C) groups is 1. The minimum absolute atomic E-state index is 0.0770. The van der Waals surface area contributed by atoms with E-state index in [4.69, 9.17) is 4.74 Å². The van der Waals surface area contributed by atoms with Crippen LogP contribution in [0.2, 0.25) is 0 Å². The molecule has 4 nitrogen and oxygen atoms in total. The van der Waals surface area contributed by atoms with Gasteiger partial charge in [-0.3, -0.25) is 4.79 Å². The molecule has 4 heteroatoms. The van der Waals surface area contributed by atoms with Crippen LogP contribution in [-0.2, 0) is 4.79 Å². The first-order chi connectivity index (χ1) is 11.8. The summed E-state index contributed by atoms with van der Waals surface area (Å²) in [7, 11) is 1.63. The summed E-state index contributed by atoms with van der Waals surface area (Å²) in [4.78, 5) is 15.5. The molecular formula is C21H26N2O2. The number of allylic oxidation sites excluding steroid dienone is 6. The predicted molar refractivity (Wildman–Crippen MR) is 106 cm³/mol. The lowest BCUT2D eigenvalue weighted by molar-refractivity contribution is -0.113. The van der Waals surface area contributed by atoms with Crippen molar-refractivity contribution >= 4 is 17.7 Å². The molecule has 0 aromatic heterocycles. The molecule has 1 rings (SSSR count). The number of hydrogen-bond acceptors (Lipinski definition) is 4. The molecule has 1 aromatic rings. The van der Waals surface area contributed by atoms with Gasteiger partial charge in [-0.2, -0.15) is 0 Å².